The zero-order valence-electron chi connectivity index (χ0n) is 20.4. The van der Waals surface area contributed by atoms with Gasteiger partial charge in [-0.25, -0.2) is 0 Å². The van der Waals surface area contributed by atoms with Crippen molar-refractivity contribution in [2.24, 2.45) is 0 Å². The number of hydrogen-bond acceptors (Lipinski definition) is 7. The molecule has 2 N–H and O–H groups in total. The van der Waals surface area contributed by atoms with Crippen molar-refractivity contribution in [3.05, 3.63) is 58.7 Å². The SMILES string of the molecule is Cc1ccc(S(=O)(=O)O)c(CCCCCCSc2cccc3c2C(=O)N(C2CCC(=O)NC2=O)C3=O)c1. The van der Waals surface area contributed by atoms with E-state index in [1.165, 1.54) is 17.8 Å². The Balaban J connectivity index is 1.30. The van der Waals surface area contributed by atoms with Gasteiger partial charge in [0.25, 0.3) is 21.9 Å². The first-order chi connectivity index (χ1) is 17.6. The number of thioether (sulfide) groups is 1. The van der Waals surface area contributed by atoms with E-state index in [2.05, 4.69) is 5.32 Å². The third-order valence-corrected chi connectivity index (χ3v) is 8.62. The van der Waals surface area contributed by atoms with Crippen LogP contribution < -0.4 is 5.32 Å². The fourth-order valence-electron chi connectivity index (χ4n) is 4.71. The first kappa shape index (κ1) is 27.0. The van der Waals surface area contributed by atoms with Crippen LogP contribution in [0, 0.1) is 6.92 Å². The molecule has 0 spiro atoms. The number of carbonyl (C=O) groups excluding carboxylic acids is 4. The van der Waals surface area contributed by atoms with E-state index < -0.39 is 39.8 Å². The molecule has 4 rings (SSSR count). The summed E-state index contributed by atoms with van der Waals surface area (Å²) < 4.78 is 32.7. The summed E-state index contributed by atoms with van der Waals surface area (Å²) in [6, 6.07) is 8.97. The summed E-state index contributed by atoms with van der Waals surface area (Å²) in [5.74, 6) is -1.35. The average molecular weight is 545 g/mol. The minimum Gasteiger partial charge on any atom is -0.295 e. The molecule has 0 saturated carbocycles. The van der Waals surface area contributed by atoms with Gasteiger partial charge >= 0.3 is 0 Å². The second kappa shape index (κ2) is 11.2. The van der Waals surface area contributed by atoms with E-state index in [4.69, 9.17) is 0 Å². The molecule has 11 heteroatoms. The van der Waals surface area contributed by atoms with Crippen LogP contribution in [0.2, 0.25) is 0 Å². The van der Waals surface area contributed by atoms with E-state index in [0.29, 0.717) is 22.4 Å². The normalized spacial score (nSPS) is 17.8. The lowest BCUT2D eigenvalue weighted by Gasteiger charge is -2.27. The number of piperidine rings is 1. The fraction of sp³-hybridized carbons (Fsp3) is 0.385. The van der Waals surface area contributed by atoms with Crippen LogP contribution in [0.1, 0.15) is 70.4 Å². The van der Waals surface area contributed by atoms with Crippen molar-refractivity contribution in [3.8, 4) is 0 Å². The Kier molecular flexibility index (Phi) is 8.15. The Labute approximate surface area is 219 Å². The van der Waals surface area contributed by atoms with Gasteiger partial charge in [-0.05, 0) is 62.1 Å². The number of carbonyl (C=O) groups is 4. The molecule has 2 aliphatic heterocycles. The number of amides is 4. The van der Waals surface area contributed by atoms with Crippen molar-refractivity contribution < 1.29 is 32.1 Å². The largest absolute Gasteiger partial charge is 0.295 e. The summed E-state index contributed by atoms with van der Waals surface area (Å²) in [6.45, 7) is 1.87. The quantitative estimate of drug-likeness (QED) is 0.201. The Morgan fingerprint density at radius 1 is 1.03 bits per heavy atom. The smallest absolute Gasteiger partial charge is 0.294 e. The molecule has 196 valence electrons. The molecule has 0 aliphatic carbocycles. The highest BCUT2D eigenvalue weighted by molar-refractivity contribution is 7.99. The number of aryl methyl sites for hydroxylation is 2. The van der Waals surface area contributed by atoms with Gasteiger partial charge in [0.05, 0.1) is 16.0 Å². The highest BCUT2D eigenvalue weighted by atomic mass is 32.2. The first-order valence-corrected chi connectivity index (χ1v) is 14.5. The number of nitrogens with one attached hydrogen (secondary N) is 1. The Hall–Kier alpha value is -3.02. The number of fused-ring (bicyclic) bond motifs is 1. The summed E-state index contributed by atoms with van der Waals surface area (Å²) in [4.78, 5) is 51.4. The molecule has 37 heavy (non-hydrogen) atoms. The Morgan fingerprint density at radius 2 is 1.78 bits per heavy atom. The Morgan fingerprint density at radius 3 is 2.51 bits per heavy atom. The fourth-order valence-corrected chi connectivity index (χ4v) is 6.53. The predicted molar refractivity (Wildman–Crippen MR) is 137 cm³/mol. The van der Waals surface area contributed by atoms with Crippen molar-refractivity contribution >= 4 is 45.5 Å². The zero-order valence-corrected chi connectivity index (χ0v) is 22.0. The summed E-state index contributed by atoms with van der Waals surface area (Å²) in [6.07, 6.45) is 4.12. The number of unbranched alkanes of at least 4 members (excludes halogenated alkanes) is 3. The van der Waals surface area contributed by atoms with Gasteiger partial charge in [0.2, 0.25) is 11.8 Å². The van der Waals surface area contributed by atoms with E-state index in [1.54, 1.807) is 30.3 Å². The topological polar surface area (TPSA) is 138 Å². The highest BCUT2D eigenvalue weighted by Crippen LogP contribution is 2.34. The van der Waals surface area contributed by atoms with Crippen molar-refractivity contribution in [1.82, 2.24) is 10.2 Å². The van der Waals surface area contributed by atoms with Crippen LogP contribution >= 0.6 is 11.8 Å². The van der Waals surface area contributed by atoms with Gasteiger partial charge in [-0.15, -0.1) is 11.8 Å². The summed E-state index contributed by atoms with van der Waals surface area (Å²) in [5.41, 5.74) is 2.12. The van der Waals surface area contributed by atoms with Gasteiger partial charge in [-0.2, -0.15) is 8.42 Å². The number of imide groups is 2. The van der Waals surface area contributed by atoms with Crippen LogP contribution in [0.5, 0.6) is 0 Å². The van der Waals surface area contributed by atoms with Gasteiger partial charge < -0.3 is 0 Å². The molecule has 1 atom stereocenters. The number of nitrogens with zero attached hydrogens (tertiary/aromatic N) is 1. The first-order valence-electron chi connectivity index (χ1n) is 12.1. The lowest BCUT2D eigenvalue weighted by atomic mass is 10.0. The second-order valence-electron chi connectivity index (χ2n) is 9.22. The van der Waals surface area contributed by atoms with Crippen molar-refractivity contribution in [3.63, 3.8) is 0 Å². The van der Waals surface area contributed by atoms with Crippen LogP contribution in [-0.4, -0.2) is 53.3 Å². The molecule has 9 nitrogen and oxygen atoms in total. The Bertz CT molecular complexity index is 1370. The van der Waals surface area contributed by atoms with Crippen molar-refractivity contribution in [2.75, 3.05) is 5.75 Å². The van der Waals surface area contributed by atoms with E-state index in [9.17, 15) is 32.1 Å². The maximum absolute atomic E-state index is 13.2. The second-order valence-corrected chi connectivity index (χ2v) is 11.8. The van der Waals surface area contributed by atoms with Gasteiger partial charge in [-0.3, -0.25) is 33.9 Å². The molecule has 2 heterocycles. The molecule has 2 aromatic rings. The lowest BCUT2D eigenvalue weighted by molar-refractivity contribution is -0.136. The summed E-state index contributed by atoms with van der Waals surface area (Å²) in [5, 5.41) is 2.20. The highest BCUT2D eigenvalue weighted by Gasteiger charge is 2.45. The lowest BCUT2D eigenvalue weighted by Crippen LogP contribution is -2.54. The maximum atomic E-state index is 13.2. The van der Waals surface area contributed by atoms with Gasteiger partial charge in [0.15, 0.2) is 0 Å². The van der Waals surface area contributed by atoms with Crippen LogP contribution in [-0.2, 0) is 26.1 Å². The van der Waals surface area contributed by atoms with Crippen LogP contribution in [0.15, 0.2) is 46.2 Å². The maximum Gasteiger partial charge on any atom is 0.294 e. The van der Waals surface area contributed by atoms with Gasteiger partial charge in [0.1, 0.15) is 6.04 Å². The van der Waals surface area contributed by atoms with Crippen LogP contribution in [0.4, 0.5) is 0 Å². The molecule has 0 bridgehead atoms. The molecule has 0 aromatic heterocycles. The van der Waals surface area contributed by atoms with Gasteiger partial charge in [0, 0.05) is 11.3 Å². The minimum atomic E-state index is -4.26. The number of benzene rings is 2. The zero-order chi connectivity index (χ0) is 26.7. The van der Waals surface area contributed by atoms with E-state index >= 15 is 0 Å². The molecule has 1 saturated heterocycles. The predicted octanol–water partition coefficient (Wildman–Crippen LogP) is 3.54. The molecule has 4 amide bonds. The molecular weight excluding hydrogens is 516 g/mol. The molecule has 2 aromatic carbocycles. The third-order valence-electron chi connectivity index (χ3n) is 6.52. The van der Waals surface area contributed by atoms with E-state index in [-0.39, 0.29) is 23.3 Å². The van der Waals surface area contributed by atoms with Crippen LogP contribution in [0.25, 0.3) is 0 Å². The molecule has 1 fully saturated rings. The molecule has 2 aliphatic rings. The number of rotatable bonds is 10. The number of hydrogen-bond donors (Lipinski definition) is 2. The van der Waals surface area contributed by atoms with E-state index in [1.807, 2.05) is 6.92 Å². The average Bonchev–Trinajstić information content (AvgIpc) is 3.08. The summed E-state index contributed by atoms with van der Waals surface area (Å²) in [7, 11) is -4.26. The van der Waals surface area contributed by atoms with Crippen molar-refractivity contribution in [1.29, 1.82) is 0 Å². The summed E-state index contributed by atoms with van der Waals surface area (Å²) >= 11 is 1.48. The monoisotopic (exact) mass is 544 g/mol. The molecule has 1 unspecified atom stereocenters. The molecular formula is C26H28N2O7S2. The standard InChI is InChI=1S/C26H28N2O7S2/c1-16-10-12-21(37(33,34)35)17(15-16)7-4-2-3-5-14-36-20-9-6-8-18-23(20)26(32)28(25(18)31)19-11-13-22(29)27-24(19)30/h6,8-10,12,15,19H,2-5,7,11,13-14H2,1H3,(H,27,29,30)(H,33,34,35). The van der Waals surface area contributed by atoms with Crippen molar-refractivity contribution in [2.45, 2.75) is 67.7 Å². The third kappa shape index (κ3) is 5.94. The van der Waals surface area contributed by atoms with Gasteiger partial charge in [-0.1, -0.05) is 36.6 Å². The van der Waals surface area contributed by atoms with E-state index in [0.717, 1.165) is 41.9 Å². The van der Waals surface area contributed by atoms with Crippen LogP contribution in [0.3, 0.4) is 0 Å². The minimum absolute atomic E-state index is 0.0443. The molecule has 0 radical (unpaired) electrons.